The summed E-state index contributed by atoms with van der Waals surface area (Å²) >= 11 is 7.32. The first-order valence-electron chi connectivity index (χ1n) is 6.61. The Labute approximate surface area is 153 Å². The number of Topliss-reactive ketones (excluding diaryl/α,β-unsaturated/α-hetero) is 1. The van der Waals surface area contributed by atoms with E-state index in [2.05, 4.69) is 9.97 Å². The number of benzene rings is 2. The van der Waals surface area contributed by atoms with Crippen molar-refractivity contribution in [2.45, 2.75) is 5.16 Å². The van der Waals surface area contributed by atoms with Crippen molar-refractivity contribution in [2.75, 3.05) is 12.9 Å². The van der Waals surface area contributed by atoms with Gasteiger partial charge in [-0.1, -0.05) is 23.4 Å². The maximum atomic E-state index is 12.2. The average Bonchev–Trinajstić information content (AvgIpc) is 2.94. The molecular formula is C16H13BrClN2O2S-. The van der Waals surface area contributed by atoms with Crippen LogP contribution in [0.3, 0.4) is 0 Å². The van der Waals surface area contributed by atoms with Gasteiger partial charge in [0.15, 0.2) is 10.9 Å². The number of carbonyl (C=O) groups excluding carboxylic acids is 1. The van der Waals surface area contributed by atoms with E-state index < -0.39 is 0 Å². The van der Waals surface area contributed by atoms with Gasteiger partial charge in [0.1, 0.15) is 5.75 Å². The highest BCUT2D eigenvalue weighted by atomic mass is 79.9. The summed E-state index contributed by atoms with van der Waals surface area (Å²) in [5.41, 5.74) is 2.36. The van der Waals surface area contributed by atoms with Gasteiger partial charge in [-0.15, -0.1) is 0 Å². The number of aromatic nitrogens is 2. The number of thioether (sulfide) groups is 1. The van der Waals surface area contributed by atoms with E-state index in [4.69, 9.17) is 16.3 Å². The molecule has 2 aromatic carbocycles. The second kappa shape index (κ2) is 7.86. The average molecular weight is 413 g/mol. The first kappa shape index (κ1) is 17.8. The summed E-state index contributed by atoms with van der Waals surface area (Å²) in [7, 11) is 1.60. The Kier molecular flexibility index (Phi) is 6.10. The number of nitrogens with one attached hydrogen (secondary N) is 1. The molecule has 1 aromatic heterocycles. The van der Waals surface area contributed by atoms with Gasteiger partial charge in [0.05, 0.1) is 23.9 Å². The third kappa shape index (κ3) is 4.28. The van der Waals surface area contributed by atoms with Gasteiger partial charge in [0, 0.05) is 10.6 Å². The Hall–Kier alpha value is -1.50. The zero-order valence-corrected chi connectivity index (χ0v) is 15.3. The Balaban J connectivity index is 0.00000192. The smallest absolute Gasteiger partial charge is 0.173 e. The minimum absolute atomic E-state index is 0. The van der Waals surface area contributed by atoms with Gasteiger partial charge in [-0.25, -0.2) is 4.98 Å². The van der Waals surface area contributed by atoms with Gasteiger partial charge in [-0.05, 0) is 42.5 Å². The number of ether oxygens (including phenoxy) is 1. The third-order valence-corrected chi connectivity index (χ3v) is 4.28. The van der Waals surface area contributed by atoms with Crippen LogP contribution in [-0.4, -0.2) is 28.6 Å². The Morgan fingerprint density at radius 1 is 1.26 bits per heavy atom. The number of methoxy groups -OCH3 is 1. The Bertz CT molecular complexity index is 821. The molecule has 0 saturated heterocycles. The summed E-state index contributed by atoms with van der Waals surface area (Å²) in [6.45, 7) is 0. The molecule has 4 nitrogen and oxygen atoms in total. The number of hydrogen-bond donors (Lipinski definition) is 1. The fourth-order valence-corrected chi connectivity index (χ4v) is 2.97. The standard InChI is InChI=1S/C16H13ClN2O2S.BrH/c1-21-12-5-2-10(3-6-12)15(20)9-22-16-18-13-7-4-11(17)8-14(13)19-16;/h2-8H,9H2,1H3,(H,18,19);1H/p-1. The number of H-pyrrole nitrogens is 1. The molecule has 0 radical (unpaired) electrons. The molecule has 0 atom stereocenters. The van der Waals surface area contributed by atoms with Crippen LogP contribution in [0.25, 0.3) is 11.0 Å². The number of rotatable bonds is 5. The molecule has 0 spiro atoms. The molecule has 0 aliphatic rings. The van der Waals surface area contributed by atoms with Gasteiger partial charge in [0.2, 0.25) is 0 Å². The lowest BCUT2D eigenvalue weighted by Gasteiger charge is -2.02. The number of imidazole rings is 1. The fourth-order valence-electron chi connectivity index (χ4n) is 2.02. The van der Waals surface area contributed by atoms with E-state index in [1.165, 1.54) is 11.8 Å². The van der Waals surface area contributed by atoms with Gasteiger partial charge >= 0.3 is 0 Å². The van der Waals surface area contributed by atoms with Crippen molar-refractivity contribution in [3.63, 3.8) is 0 Å². The fraction of sp³-hybridized carbons (Fsp3) is 0.125. The molecule has 0 saturated carbocycles. The molecule has 0 aliphatic heterocycles. The van der Waals surface area contributed by atoms with Crippen LogP contribution in [0.2, 0.25) is 5.02 Å². The van der Waals surface area contributed by atoms with Crippen molar-refractivity contribution < 1.29 is 26.5 Å². The highest BCUT2D eigenvalue weighted by molar-refractivity contribution is 7.99. The number of nitrogens with zero attached hydrogens (tertiary/aromatic N) is 1. The monoisotopic (exact) mass is 411 g/mol. The van der Waals surface area contributed by atoms with Crippen molar-refractivity contribution in [1.82, 2.24) is 9.97 Å². The summed E-state index contributed by atoms with van der Waals surface area (Å²) in [6.07, 6.45) is 0. The van der Waals surface area contributed by atoms with Crippen LogP contribution in [-0.2, 0) is 0 Å². The van der Waals surface area contributed by atoms with Crippen molar-refractivity contribution in [1.29, 1.82) is 0 Å². The molecule has 7 heteroatoms. The number of aromatic amines is 1. The molecule has 0 fully saturated rings. The largest absolute Gasteiger partial charge is 1.00 e. The van der Waals surface area contributed by atoms with Crippen LogP contribution < -0.4 is 21.7 Å². The Morgan fingerprint density at radius 2 is 2.00 bits per heavy atom. The maximum Gasteiger partial charge on any atom is 0.173 e. The highest BCUT2D eigenvalue weighted by Crippen LogP contribution is 2.23. The van der Waals surface area contributed by atoms with Crippen molar-refractivity contribution in [3.05, 3.63) is 53.1 Å². The van der Waals surface area contributed by atoms with Crippen LogP contribution in [0.1, 0.15) is 10.4 Å². The van der Waals surface area contributed by atoms with E-state index in [-0.39, 0.29) is 22.8 Å². The SMILES string of the molecule is COc1ccc(C(=O)CSc2nc3ccc(Cl)cc3[nH]2)cc1.[Br-]. The quantitative estimate of drug-likeness (QED) is 0.505. The number of fused-ring (bicyclic) bond motifs is 1. The van der Waals surface area contributed by atoms with Crippen molar-refractivity contribution >= 4 is 40.2 Å². The summed E-state index contributed by atoms with van der Waals surface area (Å²) in [6, 6.07) is 12.5. The van der Waals surface area contributed by atoms with E-state index in [1.54, 1.807) is 37.4 Å². The van der Waals surface area contributed by atoms with Gasteiger partial charge in [0.25, 0.3) is 0 Å². The van der Waals surface area contributed by atoms with E-state index in [0.717, 1.165) is 16.8 Å². The van der Waals surface area contributed by atoms with Gasteiger partial charge in [-0.2, -0.15) is 0 Å². The summed E-state index contributed by atoms with van der Waals surface area (Å²) in [5.74, 6) is 1.10. The van der Waals surface area contributed by atoms with E-state index >= 15 is 0 Å². The molecule has 23 heavy (non-hydrogen) atoms. The molecule has 3 aromatic rings. The molecule has 1 N–H and O–H groups in total. The summed E-state index contributed by atoms with van der Waals surface area (Å²) in [4.78, 5) is 19.7. The second-order valence-corrected chi connectivity index (χ2v) is 6.04. The number of halogens is 2. The summed E-state index contributed by atoms with van der Waals surface area (Å²) in [5, 5.41) is 1.36. The summed E-state index contributed by atoms with van der Waals surface area (Å²) < 4.78 is 5.08. The molecule has 120 valence electrons. The lowest BCUT2D eigenvalue weighted by molar-refractivity contribution is -0.0000124. The molecule has 1 heterocycles. The maximum absolute atomic E-state index is 12.2. The van der Waals surface area contributed by atoms with E-state index in [0.29, 0.717) is 21.5 Å². The second-order valence-electron chi connectivity index (χ2n) is 4.64. The predicted octanol–water partition coefficient (Wildman–Crippen LogP) is 1.20. The molecule has 0 aliphatic carbocycles. The zero-order chi connectivity index (χ0) is 15.5. The number of carbonyl (C=O) groups is 1. The topological polar surface area (TPSA) is 55.0 Å². The van der Waals surface area contributed by atoms with Crippen LogP contribution in [0.4, 0.5) is 0 Å². The normalized spacial score (nSPS) is 10.3. The first-order chi connectivity index (χ1) is 10.7. The van der Waals surface area contributed by atoms with Crippen LogP contribution in [0, 0.1) is 0 Å². The number of ketones is 1. The molecular weight excluding hydrogens is 400 g/mol. The minimum atomic E-state index is 0. The van der Waals surface area contributed by atoms with Crippen LogP contribution in [0.5, 0.6) is 5.75 Å². The lowest BCUT2D eigenvalue weighted by atomic mass is 10.1. The minimum Gasteiger partial charge on any atom is -1.00 e. The Morgan fingerprint density at radius 3 is 2.70 bits per heavy atom. The molecule has 0 bridgehead atoms. The van der Waals surface area contributed by atoms with E-state index in [9.17, 15) is 4.79 Å². The lowest BCUT2D eigenvalue weighted by Crippen LogP contribution is -3.00. The highest BCUT2D eigenvalue weighted by Gasteiger charge is 2.09. The molecule has 3 rings (SSSR count). The van der Waals surface area contributed by atoms with Crippen LogP contribution in [0.15, 0.2) is 47.6 Å². The predicted molar refractivity (Wildman–Crippen MR) is 89.2 cm³/mol. The van der Waals surface area contributed by atoms with Crippen molar-refractivity contribution in [2.24, 2.45) is 0 Å². The van der Waals surface area contributed by atoms with Gasteiger partial charge in [-0.3, -0.25) is 4.79 Å². The molecule has 0 unspecified atom stereocenters. The van der Waals surface area contributed by atoms with Crippen molar-refractivity contribution in [3.8, 4) is 5.75 Å². The van der Waals surface area contributed by atoms with Gasteiger partial charge < -0.3 is 26.7 Å². The zero-order valence-electron chi connectivity index (χ0n) is 12.2. The molecule has 0 amide bonds. The first-order valence-corrected chi connectivity index (χ1v) is 7.97. The van der Waals surface area contributed by atoms with Crippen LogP contribution >= 0.6 is 23.4 Å². The van der Waals surface area contributed by atoms with E-state index in [1.807, 2.05) is 12.1 Å². The number of hydrogen-bond acceptors (Lipinski definition) is 4. The third-order valence-electron chi connectivity index (χ3n) is 3.17.